The smallest absolute Gasteiger partial charge is 0.170 e. The first-order valence-corrected chi connectivity index (χ1v) is 48.1. The molecule has 0 bridgehead atoms. The first-order chi connectivity index (χ1) is 66.1. The standard InChI is InChI=1S/C26H31FN6O2.C25H29FN6O2.C25H31FN6O2.C24H29FN6O2/c1-35-21-4-2-10-28-23(21)17-5-11-32(12-6-17)24-19-14-22(33-13-7-18(34)16-33)29-15-20(19)30-25(31-24)26(27)8-3-9-26;1-34-20-3-2-9-27-22(20)16-4-10-31(11-5-16)23-18-13-21(32-12-6-17(33)15-32)28-14-19(18)29-24(30-23)25(26)7-8-25;1-31(13-14-33)21-15-18-19(16-28-21)29-24(25(26)8-4-9-25)30-23(18)32-11-6-17(7-12-32)22-20(34-2)5-3-10-27-22;1-30(12-13-32)20-14-17-18(15-27-20)28-23(24(25)7-8-24)29-22(17)31-10-5-16(6-11-31)21-19(33-2)4-3-9-26-21/h2,4,10,14-15,17-18,34H,3,5-9,11-13,16H2,1H3;2-3,9,13-14,16-17,33H,4-8,10-12,15H2,1H3;3,5,10,15-17,33H,4,6-9,11-14H2,1-2H3;3-4,9,14-16,32H,5-8,10-13H2,1-2H3/t18-;17-;;/m11../s1. The summed E-state index contributed by atoms with van der Waals surface area (Å²) in [4.78, 5) is 90.9. The van der Waals surface area contributed by atoms with Gasteiger partial charge < -0.3 is 78.6 Å². The Kier molecular flexibility index (Phi) is 27.2. The molecule has 6 saturated heterocycles. The minimum Gasteiger partial charge on any atom is -0.495 e. The van der Waals surface area contributed by atoms with Gasteiger partial charge in [-0.2, -0.15) is 0 Å². The van der Waals surface area contributed by atoms with Crippen molar-refractivity contribution in [3.05, 3.63) is 168 Å². The first-order valence-electron chi connectivity index (χ1n) is 48.1. The summed E-state index contributed by atoms with van der Waals surface area (Å²) in [5.41, 5.74) is 0.888. The molecule has 0 spiro atoms. The molecule has 10 fully saturated rings. The molecule has 0 unspecified atom stereocenters. The number of β-amino-alcohol motifs (C(OH)–C–C–N with tert-alkyl or cyclic N) is 2. The summed E-state index contributed by atoms with van der Waals surface area (Å²) in [5.74, 6) is 11.7. The quantitative estimate of drug-likeness (QED) is 0.0408. The zero-order chi connectivity index (χ0) is 94.0. The lowest BCUT2D eigenvalue weighted by atomic mass is 9.81. The number of fused-ring (bicyclic) bond motifs is 4. The number of methoxy groups -OCH3 is 4. The van der Waals surface area contributed by atoms with Gasteiger partial charge in [-0.3, -0.25) is 19.9 Å². The summed E-state index contributed by atoms with van der Waals surface area (Å²) < 4.78 is 82.9. The fraction of sp³-hybridized carbons (Fsp3) is 0.520. The number of halogens is 4. The van der Waals surface area contributed by atoms with E-state index in [9.17, 15) is 24.8 Å². The maximum absolute atomic E-state index is 15.4. The molecular formula is C100H120F4N24O8. The number of nitrogens with zero attached hydrogens (tertiary/aromatic N) is 24. The summed E-state index contributed by atoms with van der Waals surface area (Å²) in [7, 11) is 10.5. The van der Waals surface area contributed by atoms with Gasteiger partial charge in [0.05, 0.1) is 123 Å². The van der Waals surface area contributed by atoms with E-state index in [1.165, 1.54) is 0 Å². The topological polar surface area (TPSA) is 350 Å². The van der Waals surface area contributed by atoms with E-state index in [4.69, 9.17) is 38.9 Å². The second-order valence-corrected chi connectivity index (χ2v) is 37.8. The lowest BCUT2D eigenvalue weighted by molar-refractivity contribution is 0.0510. The maximum Gasteiger partial charge on any atom is 0.170 e. The molecule has 4 saturated carbocycles. The van der Waals surface area contributed by atoms with E-state index in [2.05, 4.69) is 89.2 Å². The number of rotatable bonds is 24. The molecule has 6 aliphatic heterocycles. The van der Waals surface area contributed by atoms with Crippen molar-refractivity contribution < 1.29 is 56.9 Å². The zero-order valence-corrected chi connectivity index (χ0v) is 78.1. The SMILES string of the molecule is COc1cccnc1C1CCN(c2nc(C3(F)CC3)nc3cnc(N(C)CCO)cc23)CC1.COc1cccnc1C1CCN(c2nc(C3(F)CC3)nc3cnc(N4CC[C@@H](O)C4)cc23)CC1.COc1cccnc1C1CCN(c2nc(C3(F)CCC3)nc3cnc(N(C)CCO)cc23)CC1.COc1cccnc1C1CCN(c2nc(C3(F)CCC3)nc3cnc(N4CC[C@@H](O)C4)cc23)CC1. The van der Waals surface area contributed by atoms with Crippen LogP contribution >= 0.6 is 0 Å². The Balaban J connectivity index is 0.000000116. The van der Waals surface area contributed by atoms with Crippen molar-refractivity contribution in [2.24, 2.45) is 0 Å². The van der Waals surface area contributed by atoms with Gasteiger partial charge in [-0.05, 0) is 201 Å². The Morgan fingerprint density at radius 1 is 0.338 bits per heavy atom. The van der Waals surface area contributed by atoms with Crippen molar-refractivity contribution in [3.8, 4) is 23.0 Å². The minimum absolute atomic E-state index is 0.0351. The second kappa shape index (κ2) is 39.8. The van der Waals surface area contributed by atoms with Crippen molar-refractivity contribution >= 4 is 90.2 Å². The number of hydrogen-bond acceptors (Lipinski definition) is 32. The minimum atomic E-state index is -1.45. The number of aliphatic hydroxyl groups excluding tert-OH is 4. The van der Waals surface area contributed by atoms with Crippen LogP contribution in [0.4, 0.5) is 64.1 Å². The van der Waals surface area contributed by atoms with Gasteiger partial charge in [0.25, 0.3) is 0 Å². The number of aromatic nitrogens is 16. The van der Waals surface area contributed by atoms with Crippen molar-refractivity contribution in [2.45, 2.75) is 187 Å². The number of likely N-dealkylation sites (N-methyl/N-ethyl adjacent to an activating group) is 2. The highest BCUT2D eigenvalue weighted by molar-refractivity contribution is 5.94. The van der Waals surface area contributed by atoms with E-state index >= 15 is 13.2 Å². The van der Waals surface area contributed by atoms with Crippen LogP contribution in [0.2, 0.25) is 0 Å². The third-order valence-electron chi connectivity index (χ3n) is 28.9. The summed E-state index contributed by atoms with van der Waals surface area (Å²) >= 11 is 0. The van der Waals surface area contributed by atoms with Crippen molar-refractivity contribution in [2.75, 3.05) is 187 Å². The van der Waals surface area contributed by atoms with Crippen LogP contribution in [-0.4, -0.2) is 260 Å². The number of pyridine rings is 8. The Morgan fingerprint density at radius 3 is 0.831 bits per heavy atom. The molecule has 32 nitrogen and oxygen atoms in total. The van der Waals surface area contributed by atoms with E-state index in [1.807, 2.05) is 121 Å². The number of alkyl halides is 4. The average molecular weight is 1860 g/mol. The normalized spacial score (nSPS) is 20.2. The Hall–Kier alpha value is -12.3. The fourth-order valence-electron chi connectivity index (χ4n) is 20.1. The molecule has 36 heteroatoms. The summed E-state index contributed by atoms with van der Waals surface area (Å²) in [5, 5.41) is 42.1. The van der Waals surface area contributed by atoms with E-state index < -0.39 is 22.7 Å². The molecule has 10 aliphatic rings. The number of aliphatic hydroxyl groups is 4. The predicted molar refractivity (Wildman–Crippen MR) is 513 cm³/mol. The van der Waals surface area contributed by atoms with Gasteiger partial charge in [-0.1, -0.05) is 0 Å². The van der Waals surface area contributed by atoms with Gasteiger partial charge in [0.2, 0.25) is 0 Å². The summed E-state index contributed by atoms with van der Waals surface area (Å²) in [6.45, 7) is 9.93. The Bertz CT molecular complexity index is 6240. The van der Waals surface area contributed by atoms with E-state index in [0.29, 0.717) is 123 Å². The Labute approximate surface area is 787 Å². The molecule has 0 aromatic carbocycles. The molecule has 136 heavy (non-hydrogen) atoms. The van der Waals surface area contributed by atoms with Crippen LogP contribution in [0, 0.1) is 0 Å². The number of hydrogen-bond donors (Lipinski definition) is 4. The molecule has 2 atom stereocenters. The van der Waals surface area contributed by atoms with Crippen molar-refractivity contribution in [1.29, 1.82) is 0 Å². The molecule has 4 aliphatic carbocycles. The number of anilines is 8. The molecular weight excluding hydrogens is 1740 g/mol. The van der Waals surface area contributed by atoms with Gasteiger partial charge in [-0.15, -0.1) is 0 Å². The van der Waals surface area contributed by atoms with Gasteiger partial charge in [0, 0.05) is 176 Å². The fourth-order valence-corrected chi connectivity index (χ4v) is 20.1. The van der Waals surface area contributed by atoms with Gasteiger partial charge >= 0.3 is 0 Å². The molecule has 716 valence electrons. The highest BCUT2D eigenvalue weighted by Gasteiger charge is 2.51. The van der Waals surface area contributed by atoms with E-state index in [-0.39, 0.29) is 48.7 Å². The maximum atomic E-state index is 15.4. The molecule has 4 N–H and O–H groups in total. The first kappa shape index (κ1) is 92.8. The average Bonchev–Trinajstić information content (AvgIpc) is 1.06. The second-order valence-electron chi connectivity index (χ2n) is 37.8. The number of piperidine rings is 4. The predicted octanol–water partition coefficient (Wildman–Crippen LogP) is 13.9. The van der Waals surface area contributed by atoms with Crippen LogP contribution in [0.5, 0.6) is 23.0 Å². The van der Waals surface area contributed by atoms with Crippen LogP contribution < -0.4 is 58.1 Å². The molecule has 12 aromatic heterocycles. The van der Waals surface area contributed by atoms with Crippen molar-refractivity contribution in [1.82, 2.24) is 79.7 Å². The van der Waals surface area contributed by atoms with Crippen molar-refractivity contribution in [3.63, 3.8) is 0 Å². The number of ether oxygens (including phenoxy) is 4. The lowest BCUT2D eigenvalue weighted by Gasteiger charge is -2.36. The largest absolute Gasteiger partial charge is 0.495 e. The monoisotopic (exact) mass is 1860 g/mol. The zero-order valence-electron chi connectivity index (χ0n) is 78.1. The molecule has 18 heterocycles. The van der Waals surface area contributed by atoms with Crippen LogP contribution in [0.25, 0.3) is 43.6 Å². The third-order valence-corrected chi connectivity index (χ3v) is 28.9. The molecule has 22 rings (SSSR count). The lowest BCUT2D eigenvalue weighted by Crippen LogP contribution is -2.36. The summed E-state index contributed by atoms with van der Waals surface area (Å²) in [6, 6.07) is 23.3. The Morgan fingerprint density at radius 2 is 0.596 bits per heavy atom. The van der Waals surface area contributed by atoms with Crippen LogP contribution in [0.1, 0.15) is 198 Å². The van der Waals surface area contributed by atoms with Gasteiger partial charge in [0.15, 0.2) is 46.0 Å². The van der Waals surface area contributed by atoms with Gasteiger partial charge in [0.1, 0.15) is 69.5 Å². The molecule has 0 amide bonds. The highest BCUT2D eigenvalue weighted by Crippen LogP contribution is 2.53. The third kappa shape index (κ3) is 19.5. The highest BCUT2D eigenvalue weighted by atomic mass is 19.2. The van der Waals surface area contributed by atoms with Crippen LogP contribution in [0.3, 0.4) is 0 Å². The molecule has 12 aromatic rings. The van der Waals surface area contributed by atoms with E-state index in [0.717, 1.165) is 256 Å². The van der Waals surface area contributed by atoms with Gasteiger partial charge in [-0.25, -0.2) is 77.4 Å². The van der Waals surface area contributed by atoms with Crippen LogP contribution in [0.15, 0.2) is 122 Å². The molecule has 0 radical (unpaired) electrons. The summed E-state index contributed by atoms with van der Waals surface area (Å²) in [6.07, 6.45) is 27.6. The van der Waals surface area contributed by atoms with Crippen LogP contribution in [-0.2, 0) is 22.7 Å². The van der Waals surface area contributed by atoms with E-state index in [1.54, 1.807) is 53.2 Å².